The lowest BCUT2D eigenvalue weighted by molar-refractivity contribution is 0.0940. The number of halogens is 1. The van der Waals surface area contributed by atoms with Crippen molar-refractivity contribution in [3.63, 3.8) is 0 Å². The summed E-state index contributed by atoms with van der Waals surface area (Å²) in [5.74, 6) is 0.346. The zero-order valence-corrected chi connectivity index (χ0v) is 18.7. The molecule has 162 valence electrons. The number of anilines is 1. The first kappa shape index (κ1) is 22.7. The van der Waals surface area contributed by atoms with Crippen LogP contribution >= 0.6 is 11.6 Å². The topological polar surface area (TPSA) is 84.5 Å². The number of nitrogens with one attached hydrogen (secondary N) is 2. The molecule has 3 aromatic rings. The Morgan fingerprint density at radius 1 is 1.03 bits per heavy atom. The van der Waals surface area contributed by atoms with Crippen LogP contribution in [0.5, 0.6) is 5.75 Å². The summed E-state index contributed by atoms with van der Waals surface area (Å²) in [5.41, 5.74) is 1.31. The zero-order chi connectivity index (χ0) is 22.4. The molecular formula is C23H23ClN2O4S. The van der Waals surface area contributed by atoms with Crippen molar-refractivity contribution < 1.29 is 17.9 Å². The molecule has 1 amide bonds. The average Bonchev–Trinajstić information content (AvgIpc) is 2.76. The molecule has 8 heteroatoms. The second kappa shape index (κ2) is 9.85. The lowest BCUT2D eigenvalue weighted by Crippen LogP contribution is -2.27. The van der Waals surface area contributed by atoms with Crippen molar-refractivity contribution in [2.75, 3.05) is 11.3 Å². The molecule has 2 N–H and O–H groups in total. The van der Waals surface area contributed by atoms with Gasteiger partial charge < -0.3 is 10.1 Å². The predicted octanol–water partition coefficient (Wildman–Crippen LogP) is 5.03. The van der Waals surface area contributed by atoms with Crippen molar-refractivity contribution in [3.8, 4) is 5.75 Å². The van der Waals surface area contributed by atoms with Gasteiger partial charge in [-0.25, -0.2) is 8.42 Å². The second-order valence-electron chi connectivity index (χ2n) is 6.81. The third kappa shape index (κ3) is 5.77. The third-order valence-electron chi connectivity index (χ3n) is 4.56. The minimum absolute atomic E-state index is 0.125. The van der Waals surface area contributed by atoms with E-state index in [-0.39, 0.29) is 27.2 Å². The van der Waals surface area contributed by atoms with E-state index in [0.29, 0.717) is 6.61 Å². The average molecular weight is 459 g/mol. The molecule has 0 aliphatic heterocycles. The standard InChI is InChI=1S/C23H23ClN2O4S/c1-3-30-19-12-9-17(10-13-19)16(2)25-23(27)21-15-18(11-14-22(21)24)26-31(28,29)20-7-5-4-6-8-20/h4-16,26H,3H2,1-2H3,(H,25,27)/t16-/m1/s1. The van der Waals surface area contributed by atoms with Gasteiger partial charge in [-0.3, -0.25) is 9.52 Å². The highest BCUT2D eigenvalue weighted by atomic mass is 35.5. The van der Waals surface area contributed by atoms with E-state index in [1.54, 1.807) is 18.2 Å². The molecule has 0 fully saturated rings. The zero-order valence-electron chi connectivity index (χ0n) is 17.1. The molecule has 6 nitrogen and oxygen atoms in total. The number of benzene rings is 3. The smallest absolute Gasteiger partial charge is 0.261 e. The Morgan fingerprint density at radius 3 is 2.35 bits per heavy atom. The lowest BCUT2D eigenvalue weighted by Gasteiger charge is -2.16. The summed E-state index contributed by atoms with van der Waals surface area (Å²) in [4.78, 5) is 12.9. The Kier molecular flexibility index (Phi) is 7.20. The fraction of sp³-hybridized carbons (Fsp3) is 0.174. The number of hydrogen-bond acceptors (Lipinski definition) is 4. The van der Waals surface area contributed by atoms with Crippen LogP contribution in [0.4, 0.5) is 5.69 Å². The second-order valence-corrected chi connectivity index (χ2v) is 8.90. The number of hydrogen-bond donors (Lipinski definition) is 2. The minimum Gasteiger partial charge on any atom is -0.494 e. The van der Waals surface area contributed by atoms with Gasteiger partial charge in [0, 0.05) is 5.69 Å². The summed E-state index contributed by atoms with van der Waals surface area (Å²) in [6.07, 6.45) is 0. The van der Waals surface area contributed by atoms with Crippen molar-refractivity contribution in [1.29, 1.82) is 0 Å². The molecule has 0 unspecified atom stereocenters. The molecule has 1 atom stereocenters. The molecule has 3 aromatic carbocycles. The van der Waals surface area contributed by atoms with Crippen LogP contribution in [-0.4, -0.2) is 20.9 Å². The first-order valence-corrected chi connectivity index (χ1v) is 11.6. The number of carbonyl (C=O) groups is 1. The monoisotopic (exact) mass is 458 g/mol. The SMILES string of the molecule is CCOc1ccc([C@@H](C)NC(=O)c2cc(NS(=O)(=O)c3ccccc3)ccc2Cl)cc1. The Labute approximate surface area is 187 Å². The number of ether oxygens (including phenoxy) is 1. The van der Waals surface area contributed by atoms with E-state index in [0.717, 1.165) is 11.3 Å². The van der Waals surface area contributed by atoms with Gasteiger partial charge in [-0.1, -0.05) is 41.9 Å². The summed E-state index contributed by atoms with van der Waals surface area (Å²) in [5, 5.41) is 3.11. The third-order valence-corrected chi connectivity index (χ3v) is 6.28. The minimum atomic E-state index is -3.78. The van der Waals surface area contributed by atoms with Gasteiger partial charge in [0.05, 0.1) is 28.1 Å². The van der Waals surface area contributed by atoms with Gasteiger partial charge in [-0.05, 0) is 61.9 Å². The summed E-state index contributed by atoms with van der Waals surface area (Å²) in [6, 6.07) is 19.5. The van der Waals surface area contributed by atoms with E-state index in [1.165, 1.54) is 30.3 Å². The van der Waals surface area contributed by atoms with Crippen molar-refractivity contribution in [1.82, 2.24) is 5.32 Å². The van der Waals surface area contributed by atoms with Gasteiger partial charge in [0.15, 0.2) is 0 Å². The first-order chi connectivity index (χ1) is 14.8. The fourth-order valence-corrected chi connectivity index (χ4v) is 4.23. The summed E-state index contributed by atoms with van der Waals surface area (Å²) in [7, 11) is -3.78. The summed E-state index contributed by atoms with van der Waals surface area (Å²) < 4.78 is 33.0. The molecule has 0 aliphatic rings. The molecule has 0 radical (unpaired) electrons. The molecule has 0 saturated heterocycles. The first-order valence-electron chi connectivity index (χ1n) is 9.71. The van der Waals surface area contributed by atoms with Crippen LogP contribution in [0.1, 0.15) is 35.8 Å². The lowest BCUT2D eigenvalue weighted by atomic mass is 10.1. The van der Waals surface area contributed by atoms with E-state index >= 15 is 0 Å². The number of carbonyl (C=O) groups excluding carboxylic acids is 1. The number of sulfonamides is 1. The highest BCUT2D eigenvalue weighted by Crippen LogP contribution is 2.24. The molecule has 3 rings (SSSR count). The maximum Gasteiger partial charge on any atom is 0.261 e. The van der Waals surface area contributed by atoms with E-state index < -0.39 is 15.9 Å². The van der Waals surface area contributed by atoms with Crippen LogP contribution in [0, 0.1) is 0 Å². The normalized spacial score (nSPS) is 12.1. The number of rotatable bonds is 8. The summed E-state index contributed by atoms with van der Waals surface area (Å²) >= 11 is 6.21. The van der Waals surface area contributed by atoms with Gasteiger partial charge in [0.2, 0.25) is 0 Å². The maximum atomic E-state index is 12.8. The molecule has 0 spiro atoms. The molecule has 31 heavy (non-hydrogen) atoms. The Bertz CT molecular complexity index is 1150. The van der Waals surface area contributed by atoms with Crippen molar-refractivity contribution >= 4 is 33.2 Å². The largest absolute Gasteiger partial charge is 0.494 e. The highest BCUT2D eigenvalue weighted by molar-refractivity contribution is 7.92. The van der Waals surface area contributed by atoms with E-state index in [1.807, 2.05) is 38.1 Å². The Hall–Kier alpha value is -3.03. The van der Waals surface area contributed by atoms with Crippen LogP contribution in [0.3, 0.4) is 0 Å². The van der Waals surface area contributed by atoms with E-state index in [2.05, 4.69) is 10.0 Å². The Balaban J connectivity index is 1.75. The van der Waals surface area contributed by atoms with E-state index in [9.17, 15) is 13.2 Å². The van der Waals surface area contributed by atoms with Crippen molar-refractivity contribution in [2.45, 2.75) is 24.8 Å². The van der Waals surface area contributed by atoms with Gasteiger partial charge in [-0.15, -0.1) is 0 Å². The quantitative estimate of drug-likeness (QED) is 0.495. The molecular weight excluding hydrogens is 436 g/mol. The predicted molar refractivity (Wildman–Crippen MR) is 122 cm³/mol. The van der Waals surface area contributed by atoms with Gasteiger partial charge in [0.25, 0.3) is 15.9 Å². The van der Waals surface area contributed by atoms with Gasteiger partial charge >= 0.3 is 0 Å². The fourth-order valence-electron chi connectivity index (χ4n) is 2.95. The molecule has 0 heterocycles. The van der Waals surface area contributed by atoms with Crippen LogP contribution in [-0.2, 0) is 10.0 Å². The van der Waals surface area contributed by atoms with Crippen LogP contribution in [0.2, 0.25) is 5.02 Å². The summed E-state index contributed by atoms with van der Waals surface area (Å²) in [6.45, 7) is 4.34. The maximum absolute atomic E-state index is 12.8. The van der Waals surface area contributed by atoms with Crippen LogP contribution in [0.25, 0.3) is 0 Å². The van der Waals surface area contributed by atoms with Gasteiger partial charge in [0.1, 0.15) is 5.75 Å². The van der Waals surface area contributed by atoms with Crippen LogP contribution in [0.15, 0.2) is 77.7 Å². The Morgan fingerprint density at radius 2 is 1.71 bits per heavy atom. The molecule has 0 saturated carbocycles. The number of amides is 1. The molecule has 0 aliphatic carbocycles. The van der Waals surface area contributed by atoms with Crippen molar-refractivity contribution in [2.24, 2.45) is 0 Å². The highest BCUT2D eigenvalue weighted by Gasteiger charge is 2.18. The molecule has 0 aromatic heterocycles. The molecule has 0 bridgehead atoms. The van der Waals surface area contributed by atoms with Gasteiger partial charge in [-0.2, -0.15) is 0 Å². The van der Waals surface area contributed by atoms with Crippen LogP contribution < -0.4 is 14.8 Å². The van der Waals surface area contributed by atoms with Crippen molar-refractivity contribution in [3.05, 3.63) is 88.9 Å². The van der Waals surface area contributed by atoms with E-state index in [4.69, 9.17) is 16.3 Å².